The molecule has 0 bridgehead atoms. The van der Waals surface area contributed by atoms with E-state index in [9.17, 15) is 5.11 Å². The van der Waals surface area contributed by atoms with Gasteiger partial charge in [-0.25, -0.2) is 4.98 Å². The van der Waals surface area contributed by atoms with Crippen molar-refractivity contribution in [3.63, 3.8) is 0 Å². The number of hydrogen-bond acceptors (Lipinski definition) is 2. The monoisotopic (exact) mass is 236 g/mol. The van der Waals surface area contributed by atoms with E-state index in [2.05, 4.69) is 9.97 Å². The molecule has 0 radical (unpaired) electrons. The highest BCUT2D eigenvalue weighted by atomic mass is 35.5. The van der Waals surface area contributed by atoms with Crippen LogP contribution in [-0.2, 0) is 6.42 Å². The number of aromatic nitrogens is 2. The first-order valence-electron chi connectivity index (χ1n) is 5.09. The first kappa shape index (κ1) is 11.2. The number of aryl methyl sites for hydroxylation is 1. The topological polar surface area (TPSA) is 48.9 Å². The minimum Gasteiger partial charge on any atom is -0.388 e. The average Bonchev–Trinajstić information content (AvgIpc) is 2.74. The molecule has 0 spiro atoms. The molecule has 0 aliphatic carbocycles. The van der Waals surface area contributed by atoms with E-state index in [0.29, 0.717) is 11.4 Å². The van der Waals surface area contributed by atoms with Gasteiger partial charge in [0.25, 0.3) is 0 Å². The normalized spacial score (nSPS) is 12.7. The summed E-state index contributed by atoms with van der Waals surface area (Å²) in [6.07, 6.45) is 3.30. The Morgan fingerprint density at radius 1 is 1.50 bits per heavy atom. The predicted octanol–water partition coefficient (Wildman–Crippen LogP) is 2.65. The van der Waals surface area contributed by atoms with Crippen LogP contribution >= 0.6 is 11.6 Å². The predicted molar refractivity (Wildman–Crippen MR) is 63.4 cm³/mol. The van der Waals surface area contributed by atoms with Gasteiger partial charge >= 0.3 is 0 Å². The lowest BCUT2D eigenvalue weighted by Crippen LogP contribution is -2.03. The number of aliphatic hydroxyl groups is 1. The summed E-state index contributed by atoms with van der Waals surface area (Å²) < 4.78 is 0. The molecule has 1 atom stereocenters. The molecule has 0 aliphatic rings. The van der Waals surface area contributed by atoms with Crippen molar-refractivity contribution >= 4 is 11.6 Å². The number of rotatable bonds is 3. The van der Waals surface area contributed by atoms with E-state index in [-0.39, 0.29) is 0 Å². The second-order valence-electron chi connectivity index (χ2n) is 3.76. The van der Waals surface area contributed by atoms with Crippen LogP contribution in [0.3, 0.4) is 0 Å². The van der Waals surface area contributed by atoms with E-state index in [1.54, 1.807) is 18.5 Å². The maximum Gasteiger partial charge on any atom is 0.108 e. The Hall–Kier alpha value is -1.32. The van der Waals surface area contributed by atoms with Gasteiger partial charge in [0.15, 0.2) is 0 Å². The molecule has 2 rings (SSSR count). The van der Waals surface area contributed by atoms with E-state index in [1.165, 1.54) is 0 Å². The molecule has 1 aromatic heterocycles. The minimum atomic E-state index is -0.579. The summed E-state index contributed by atoms with van der Waals surface area (Å²) in [5.41, 5.74) is 1.82. The fourth-order valence-electron chi connectivity index (χ4n) is 1.53. The van der Waals surface area contributed by atoms with Crippen LogP contribution in [0.25, 0.3) is 0 Å². The van der Waals surface area contributed by atoms with Gasteiger partial charge in [0, 0.05) is 23.8 Å². The standard InChI is InChI=1S/C12H13ClN2O/c1-8-2-3-9(6-10(8)13)11(16)7-12-14-4-5-15-12/h2-6,11,16H,7H2,1H3,(H,14,15). The van der Waals surface area contributed by atoms with Crippen LogP contribution in [0.4, 0.5) is 0 Å². The molecular formula is C12H13ClN2O. The smallest absolute Gasteiger partial charge is 0.108 e. The van der Waals surface area contributed by atoms with Gasteiger partial charge in [0.2, 0.25) is 0 Å². The van der Waals surface area contributed by atoms with Gasteiger partial charge in [-0.3, -0.25) is 0 Å². The van der Waals surface area contributed by atoms with Crippen molar-refractivity contribution in [2.75, 3.05) is 0 Å². The molecule has 1 aromatic carbocycles. The van der Waals surface area contributed by atoms with Gasteiger partial charge in [-0.1, -0.05) is 23.7 Å². The Morgan fingerprint density at radius 2 is 2.31 bits per heavy atom. The van der Waals surface area contributed by atoms with Gasteiger partial charge in [-0.2, -0.15) is 0 Å². The number of benzene rings is 1. The summed E-state index contributed by atoms with van der Waals surface area (Å²) in [6.45, 7) is 1.94. The minimum absolute atomic E-state index is 0.465. The van der Waals surface area contributed by atoms with Crippen molar-refractivity contribution in [2.45, 2.75) is 19.4 Å². The Morgan fingerprint density at radius 3 is 2.94 bits per heavy atom. The van der Waals surface area contributed by atoms with Crippen LogP contribution in [-0.4, -0.2) is 15.1 Å². The van der Waals surface area contributed by atoms with Gasteiger partial charge in [-0.15, -0.1) is 0 Å². The number of imidazole rings is 1. The van der Waals surface area contributed by atoms with Crippen LogP contribution in [0.5, 0.6) is 0 Å². The van der Waals surface area contributed by atoms with E-state index in [0.717, 1.165) is 17.0 Å². The number of aromatic amines is 1. The summed E-state index contributed by atoms with van der Waals surface area (Å²) >= 11 is 6.01. The van der Waals surface area contributed by atoms with E-state index < -0.39 is 6.10 Å². The summed E-state index contributed by atoms with van der Waals surface area (Å²) in [6, 6.07) is 5.59. The summed E-state index contributed by atoms with van der Waals surface area (Å²) in [5.74, 6) is 0.768. The first-order chi connectivity index (χ1) is 7.66. The Kier molecular flexibility index (Phi) is 3.27. The Labute approximate surface area is 99.1 Å². The zero-order valence-corrected chi connectivity index (χ0v) is 9.70. The third-order valence-electron chi connectivity index (χ3n) is 2.52. The number of nitrogens with zero attached hydrogens (tertiary/aromatic N) is 1. The molecule has 0 fully saturated rings. The summed E-state index contributed by atoms with van der Waals surface area (Å²) in [4.78, 5) is 7.03. The van der Waals surface area contributed by atoms with Gasteiger partial charge in [0.05, 0.1) is 6.10 Å². The van der Waals surface area contributed by atoms with Crippen molar-refractivity contribution in [3.8, 4) is 0 Å². The van der Waals surface area contributed by atoms with Crippen molar-refractivity contribution in [1.29, 1.82) is 0 Å². The molecule has 3 nitrogen and oxygen atoms in total. The van der Waals surface area contributed by atoms with E-state index >= 15 is 0 Å². The highest BCUT2D eigenvalue weighted by Gasteiger charge is 2.10. The molecule has 2 aromatic rings. The number of aliphatic hydroxyl groups excluding tert-OH is 1. The fourth-order valence-corrected chi connectivity index (χ4v) is 1.72. The molecule has 1 unspecified atom stereocenters. The zero-order valence-electron chi connectivity index (χ0n) is 8.94. The molecule has 1 heterocycles. The van der Waals surface area contributed by atoms with Gasteiger partial charge in [0.1, 0.15) is 5.82 Å². The Bertz CT molecular complexity index is 468. The highest BCUT2D eigenvalue weighted by molar-refractivity contribution is 6.31. The van der Waals surface area contributed by atoms with Crippen LogP contribution < -0.4 is 0 Å². The first-order valence-corrected chi connectivity index (χ1v) is 5.47. The molecule has 84 valence electrons. The molecular weight excluding hydrogens is 224 g/mol. The second-order valence-corrected chi connectivity index (χ2v) is 4.17. The van der Waals surface area contributed by atoms with Gasteiger partial charge < -0.3 is 10.1 Å². The quantitative estimate of drug-likeness (QED) is 0.861. The zero-order chi connectivity index (χ0) is 11.5. The lowest BCUT2D eigenvalue weighted by atomic mass is 10.0. The number of H-pyrrole nitrogens is 1. The fraction of sp³-hybridized carbons (Fsp3) is 0.250. The summed E-state index contributed by atoms with van der Waals surface area (Å²) in [5, 5.41) is 10.7. The SMILES string of the molecule is Cc1ccc(C(O)Cc2ncc[nH]2)cc1Cl. The lowest BCUT2D eigenvalue weighted by Gasteiger charge is -2.10. The number of halogens is 1. The van der Waals surface area contributed by atoms with Crippen LogP contribution in [0, 0.1) is 6.92 Å². The third kappa shape index (κ3) is 2.43. The van der Waals surface area contributed by atoms with Crippen molar-refractivity contribution < 1.29 is 5.11 Å². The van der Waals surface area contributed by atoms with E-state index in [4.69, 9.17) is 11.6 Å². The van der Waals surface area contributed by atoms with Crippen molar-refractivity contribution in [1.82, 2.24) is 9.97 Å². The van der Waals surface area contributed by atoms with E-state index in [1.807, 2.05) is 19.1 Å². The maximum absolute atomic E-state index is 9.99. The highest BCUT2D eigenvalue weighted by Crippen LogP contribution is 2.22. The largest absolute Gasteiger partial charge is 0.388 e. The summed E-state index contributed by atoms with van der Waals surface area (Å²) in [7, 11) is 0. The molecule has 16 heavy (non-hydrogen) atoms. The second kappa shape index (κ2) is 4.68. The van der Waals surface area contributed by atoms with Crippen LogP contribution in [0.2, 0.25) is 5.02 Å². The Balaban J connectivity index is 2.14. The van der Waals surface area contributed by atoms with Crippen LogP contribution in [0.15, 0.2) is 30.6 Å². The molecule has 0 saturated heterocycles. The average molecular weight is 237 g/mol. The molecule has 0 amide bonds. The molecule has 4 heteroatoms. The molecule has 0 aliphatic heterocycles. The van der Waals surface area contributed by atoms with Crippen molar-refractivity contribution in [2.24, 2.45) is 0 Å². The molecule has 2 N–H and O–H groups in total. The maximum atomic E-state index is 9.99. The molecule has 0 saturated carbocycles. The van der Waals surface area contributed by atoms with Crippen molar-refractivity contribution in [3.05, 3.63) is 52.6 Å². The van der Waals surface area contributed by atoms with Crippen LogP contribution in [0.1, 0.15) is 23.1 Å². The lowest BCUT2D eigenvalue weighted by molar-refractivity contribution is 0.176. The van der Waals surface area contributed by atoms with Gasteiger partial charge in [-0.05, 0) is 24.1 Å². The number of hydrogen-bond donors (Lipinski definition) is 2. The number of nitrogens with one attached hydrogen (secondary N) is 1. The third-order valence-corrected chi connectivity index (χ3v) is 2.93.